The van der Waals surface area contributed by atoms with Crippen LogP contribution in [-0.2, 0) is 10.0 Å². The molecule has 0 aliphatic heterocycles. The molecule has 2 N–H and O–H groups in total. The number of carbonyl (C=O) groups is 1. The molecule has 0 unspecified atom stereocenters. The summed E-state index contributed by atoms with van der Waals surface area (Å²) < 4.78 is 37.8. The van der Waals surface area contributed by atoms with Crippen LogP contribution in [0.15, 0.2) is 18.2 Å². The van der Waals surface area contributed by atoms with Crippen LogP contribution in [0.2, 0.25) is 0 Å². The standard InChI is InChI=1S/C12H17FN2O3S/c1-3-19(17,18)15-7-6-14-12(16)10-5-4-9(2)11(13)8-10/h4-5,8,15H,3,6-7H2,1-2H3,(H,14,16). The van der Waals surface area contributed by atoms with Crippen molar-refractivity contribution in [2.24, 2.45) is 0 Å². The van der Waals surface area contributed by atoms with E-state index in [0.717, 1.165) is 6.07 Å². The van der Waals surface area contributed by atoms with Crippen molar-refractivity contribution in [2.45, 2.75) is 13.8 Å². The van der Waals surface area contributed by atoms with E-state index in [0.29, 0.717) is 5.56 Å². The highest BCUT2D eigenvalue weighted by Crippen LogP contribution is 2.08. The van der Waals surface area contributed by atoms with E-state index in [9.17, 15) is 17.6 Å². The summed E-state index contributed by atoms with van der Waals surface area (Å²) in [4.78, 5) is 11.6. The van der Waals surface area contributed by atoms with E-state index in [1.54, 1.807) is 6.92 Å². The molecule has 0 aliphatic rings. The number of sulfonamides is 1. The van der Waals surface area contributed by atoms with E-state index >= 15 is 0 Å². The first kappa shape index (κ1) is 15.6. The predicted octanol–water partition coefficient (Wildman–Crippen LogP) is 0.803. The number of hydrogen-bond donors (Lipinski definition) is 2. The van der Waals surface area contributed by atoms with Crippen molar-refractivity contribution in [3.63, 3.8) is 0 Å². The monoisotopic (exact) mass is 288 g/mol. The quantitative estimate of drug-likeness (QED) is 0.760. The zero-order chi connectivity index (χ0) is 14.5. The molecule has 1 aromatic rings. The van der Waals surface area contributed by atoms with Crippen LogP contribution in [0.4, 0.5) is 4.39 Å². The Morgan fingerprint density at radius 2 is 2.00 bits per heavy atom. The second-order valence-corrected chi connectivity index (χ2v) is 6.11. The van der Waals surface area contributed by atoms with Crippen LogP contribution in [0.25, 0.3) is 0 Å². The fourth-order valence-corrected chi connectivity index (χ4v) is 1.94. The molecule has 106 valence electrons. The number of amides is 1. The van der Waals surface area contributed by atoms with Gasteiger partial charge in [-0.2, -0.15) is 0 Å². The number of benzene rings is 1. The number of rotatable bonds is 6. The molecule has 0 saturated carbocycles. The van der Waals surface area contributed by atoms with Gasteiger partial charge in [0.05, 0.1) is 5.75 Å². The van der Waals surface area contributed by atoms with Crippen LogP contribution >= 0.6 is 0 Å². The van der Waals surface area contributed by atoms with Crippen LogP contribution < -0.4 is 10.0 Å². The molecule has 5 nitrogen and oxygen atoms in total. The van der Waals surface area contributed by atoms with Crippen LogP contribution in [-0.4, -0.2) is 33.2 Å². The summed E-state index contributed by atoms with van der Waals surface area (Å²) in [5, 5.41) is 2.51. The van der Waals surface area contributed by atoms with Gasteiger partial charge in [-0.3, -0.25) is 4.79 Å². The summed E-state index contributed by atoms with van der Waals surface area (Å²) in [5.74, 6) is -0.890. The van der Waals surface area contributed by atoms with Gasteiger partial charge in [-0.1, -0.05) is 6.07 Å². The molecule has 0 aromatic heterocycles. The van der Waals surface area contributed by atoms with E-state index in [1.165, 1.54) is 19.1 Å². The fourth-order valence-electron chi connectivity index (χ4n) is 1.32. The van der Waals surface area contributed by atoms with Gasteiger partial charge in [0.25, 0.3) is 5.91 Å². The summed E-state index contributed by atoms with van der Waals surface area (Å²) in [7, 11) is -3.26. The van der Waals surface area contributed by atoms with Crippen molar-refractivity contribution in [1.82, 2.24) is 10.0 Å². The van der Waals surface area contributed by atoms with Crippen molar-refractivity contribution in [1.29, 1.82) is 0 Å². The van der Waals surface area contributed by atoms with Gasteiger partial charge in [-0.15, -0.1) is 0 Å². The Hall–Kier alpha value is -1.47. The first-order chi connectivity index (χ1) is 8.85. The molecule has 19 heavy (non-hydrogen) atoms. The van der Waals surface area contributed by atoms with Gasteiger partial charge in [0.1, 0.15) is 5.82 Å². The maximum Gasteiger partial charge on any atom is 0.251 e. The maximum absolute atomic E-state index is 13.3. The molecular weight excluding hydrogens is 271 g/mol. The van der Waals surface area contributed by atoms with Crippen LogP contribution in [0.1, 0.15) is 22.8 Å². The zero-order valence-electron chi connectivity index (χ0n) is 10.9. The van der Waals surface area contributed by atoms with Crippen molar-refractivity contribution >= 4 is 15.9 Å². The molecular formula is C12H17FN2O3S. The zero-order valence-corrected chi connectivity index (χ0v) is 11.7. The minimum atomic E-state index is -3.26. The van der Waals surface area contributed by atoms with Crippen LogP contribution in [0, 0.1) is 12.7 Å². The average molecular weight is 288 g/mol. The summed E-state index contributed by atoms with van der Waals surface area (Å²) in [6.45, 7) is 3.39. The Morgan fingerprint density at radius 1 is 1.32 bits per heavy atom. The summed E-state index contributed by atoms with van der Waals surface area (Å²) >= 11 is 0. The predicted molar refractivity (Wildman–Crippen MR) is 70.9 cm³/mol. The Kier molecular flexibility index (Phi) is 5.44. The second kappa shape index (κ2) is 6.63. The Balaban J connectivity index is 2.46. The lowest BCUT2D eigenvalue weighted by Crippen LogP contribution is -2.35. The van der Waals surface area contributed by atoms with Crippen molar-refractivity contribution < 1.29 is 17.6 Å². The first-order valence-corrected chi connectivity index (χ1v) is 7.52. The molecule has 1 amide bonds. The van der Waals surface area contributed by atoms with Gasteiger partial charge >= 0.3 is 0 Å². The molecule has 1 aromatic carbocycles. The molecule has 0 radical (unpaired) electrons. The Morgan fingerprint density at radius 3 is 2.58 bits per heavy atom. The number of nitrogens with one attached hydrogen (secondary N) is 2. The van der Waals surface area contributed by atoms with Crippen molar-refractivity contribution in [3.8, 4) is 0 Å². The summed E-state index contributed by atoms with van der Waals surface area (Å²) in [6.07, 6.45) is 0. The molecule has 0 spiro atoms. The highest BCUT2D eigenvalue weighted by atomic mass is 32.2. The third-order valence-corrected chi connectivity index (χ3v) is 3.95. The van der Waals surface area contributed by atoms with Gasteiger partial charge in [0.15, 0.2) is 0 Å². The molecule has 0 saturated heterocycles. The minimum absolute atomic E-state index is 0.00980. The third-order valence-electron chi connectivity index (χ3n) is 2.55. The van der Waals surface area contributed by atoms with Gasteiger partial charge in [0.2, 0.25) is 10.0 Å². The Bertz CT molecular complexity index is 558. The lowest BCUT2D eigenvalue weighted by Gasteiger charge is -2.07. The average Bonchev–Trinajstić information content (AvgIpc) is 2.37. The molecule has 0 fully saturated rings. The third kappa shape index (κ3) is 4.96. The lowest BCUT2D eigenvalue weighted by molar-refractivity contribution is 0.0954. The van der Waals surface area contributed by atoms with E-state index in [2.05, 4.69) is 10.0 Å². The highest BCUT2D eigenvalue weighted by molar-refractivity contribution is 7.89. The molecule has 0 heterocycles. The molecule has 0 aliphatic carbocycles. The van der Waals surface area contributed by atoms with E-state index < -0.39 is 21.7 Å². The van der Waals surface area contributed by atoms with Gasteiger partial charge < -0.3 is 5.32 Å². The highest BCUT2D eigenvalue weighted by Gasteiger charge is 2.09. The maximum atomic E-state index is 13.3. The fraction of sp³-hybridized carbons (Fsp3) is 0.417. The summed E-state index contributed by atoms with van der Waals surface area (Å²) in [5.41, 5.74) is 0.675. The van der Waals surface area contributed by atoms with Gasteiger partial charge in [-0.05, 0) is 31.5 Å². The molecule has 7 heteroatoms. The van der Waals surface area contributed by atoms with Crippen molar-refractivity contribution in [2.75, 3.05) is 18.8 Å². The lowest BCUT2D eigenvalue weighted by atomic mass is 10.1. The number of aryl methyl sites for hydroxylation is 1. The van der Waals surface area contributed by atoms with Crippen LogP contribution in [0.5, 0.6) is 0 Å². The van der Waals surface area contributed by atoms with Gasteiger partial charge in [0, 0.05) is 18.7 Å². The van der Waals surface area contributed by atoms with E-state index in [4.69, 9.17) is 0 Å². The normalized spacial score (nSPS) is 11.3. The number of carbonyl (C=O) groups excluding carboxylic acids is 1. The van der Waals surface area contributed by atoms with E-state index in [-0.39, 0.29) is 24.4 Å². The largest absolute Gasteiger partial charge is 0.351 e. The first-order valence-electron chi connectivity index (χ1n) is 5.87. The minimum Gasteiger partial charge on any atom is -0.351 e. The van der Waals surface area contributed by atoms with E-state index in [1.807, 2.05) is 0 Å². The SMILES string of the molecule is CCS(=O)(=O)NCCNC(=O)c1ccc(C)c(F)c1. The topological polar surface area (TPSA) is 75.3 Å². The van der Waals surface area contributed by atoms with Crippen molar-refractivity contribution in [3.05, 3.63) is 35.1 Å². The summed E-state index contributed by atoms with van der Waals surface area (Å²) in [6, 6.07) is 4.19. The Labute approximate surface area is 112 Å². The number of hydrogen-bond acceptors (Lipinski definition) is 3. The molecule has 0 bridgehead atoms. The molecule has 0 atom stereocenters. The number of halogens is 1. The smallest absolute Gasteiger partial charge is 0.251 e. The van der Waals surface area contributed by atoms with Gasteiger partial charge in [-0.25, -0.2) is 17.5 Å². The second-order valence-electron chi connectivity index (χ2n) is 4.02. The molecule has 1 rings (SSSR count). The van der Waals surface area contributed by atoms with Crippen LogP contribution in [0.3, 0.4) is 0 Å².